The average Bonchev–Trinajstić information content (AvgIpc) is 2.99. The van der Waals surface area contributed by atoms with Crippen molar-refractivity contribution in [2.75, 3.05) is 5.01 Å². The maximum absolute atomic E-state index is 12.8. The summed E-state index contributed by atoms with van der Waals surface area (Å²) in [5, 5.41) is 40.7. The monoisotopic (exact) mass is 462 g/mol. The third-order valence-electron chi connectivity index (χ3n) is 4.33. The lowest BCUT2D eigenvalue weighted by Gasteiger charge is -2.16. The molecule has 13 nitrogen and oxygen atoms in total. The summed E-state index contributed by atoms with van der Waals surface area (Å²) in [5.74, 6) is -4.89. The molecule has 4 N–H and O–H groups in total. The second-order valence-corrected chi connectivity index (χ2v) is 7.87. The van der Waals surface area contributed by atoms with Crippen LogP contribution in [0, 0.1) is 0 Å². The highest BCUT2D eigenvalue weighted by molar-refractivity contribution is 7.85. The van der Waals surface area contributed by atoms with Crippen molar-refractivity contribution in [2.24, 2.45) is 15.3 Å². The summed E-state index contributed by atoms with van der Waals surface area (Å²) in [5.41, 5.74) is -1.68. The van der Waals surface area contributed by atoms with Gasteiger partial charge in [0, 0.05) is 0 Å². The molecule has 0 saturated carbocycles. The smallest absolute Gasteiger partial charge is 0.339 e. The maximum Gasteiger partial charge on any atom is 0.339 e. The van der Waals surface area contributed by atoms with Gasteiger partial charge >= 0.3 is 11.9 Å². The van der Waals surface area contributed by atoms with E-state index in [1.807, 2.05) is 0 Å². The molecule has 0 aliphatic carbocycles. The second-order valence-electron chi connectivity index (χ2n) is 6.45. The number of anilines is 1. The maximum atomic E-state index is 12.8. The lowest BCUT2D eigenvalue weighted by Crippen LogP contribution is -2.30. The summed E-state index contributed by atoms with van der Waals surface area (Å²) in [7, 11) is -4.89. The Labute approximate surface area is 179 Å². The zero-order chi connectivity index (χ0) is 23.8. The van der Waals surface area contributed by atoms with E-state index < -0.39 is 55.9 Å². The van der Waals surface area contributed by atoms with Crippen LogP contribution in [0.2, 0.25) is 0 Å². The fourth-order valence-electron chi connectivity index (χ4n) is 2.79. The number of azo groups is 1. The van der Waals surface area contributed by atoms with Crippen molar-refractivity contribution in [1.82, 2.24) is 0 Å². The highest BCUT2D eigenvalue weighted by Gasteiger charge is 2.37. The molecule has 1 atom stereocenters. The van der Waals surface area contributed by atoms with Crippen molar-refractivity contribution >= 4 is 45.1 Å². The molecule has 32 heavy (non-hydrogen) atoms. The molecule has 1 unspecified atom stereocenters. The molecule has 0 spiro atoms. The van der Waals surface area contributed by atoms with E-state index in [9.17, 15) is 42.7 Å². The van der Waals surface area contributed by atoms with Gasteiger partial charge in [0.25, 0.3) is 16.0 Å². The first-order valence-electron chi connectivity index (χ1n) is 8.62. The number of carbonyl (C=O) groups excluding carboxylic acids is 1. The molecular weight excluding hydrogens is 448 g/mol. The van der Waals surface area contributed by atoms with E-state index in [2.05, 4.69) is 15.3 Å². The molecule has 0 saturated heterocycles. The number of aromatic hydroxyl groups is 1. The topological polar surface area (TPSA) is 207 Å². The normalized spacial score (nSPS) is 16.4. The third-order valence-corrected chi connectivity index (χ3v) is 5.16. The van der Waals surface area contributed by atoms with Crippen molar-refractivity contribution in [3.8, 4) is 5.75 Å². The number of benzene rings is 2. The molecule has 1 aliphatic heterocycles. The lowest BCUT2D eigenvalue weighted by atomic mass is 10.1. The lowest BCUT2D eigenvalue weighted by molar-refractivity contribution is -0.117. The number of hydrazone groups is 1. The van der Waals surface area contributed by atoms with Crippen molar-refractivity contribution in [2.45, 2.75) is 17.9 Å². The van der Waals surface area contributed by atoms with Crippen LogP contribution in [0.4, 0.5) is 11.4 Å². The molecule has 1 aliphatic rings. The van der Waals surface area contributed by atoms with Gasteiger partial charge in [-0.15, -0.1) is 0 Å². The van der Waals surface area contributed by atoms with Gasteiger partial charge in [-0.25, -0.2) is 9.59 Å². The Morgan fingerprint density at radius 1 is 1.09 bits per heavy atom. The number of hydrogen-bond acceptors (Lipinski definition) is 9. The molecule has 3 rings (SSSR count). The van der Waals surface area contributed by atoms with Gasteiger partial charge in [-0.1, -0.05) is 12.1 Å². The minimum atomic E-state index is -4.89. The Hall–Kier alpha value is -4.17. The van der Waals surface area contributed by atoms with Crippen molar-refractivity contribution in [3.05, 3.63) is 47.5 Å². The predicted octanol–water partition coefficient (Wildman–Crippen LogP) is 1.91. The zero-order valence-electron chi connectivity index (χ0n) is 16.1. The van der Waals surface area contributed by atoms with Crippen LogP contribution in [0.1, 0.15) is 27.6 Å². The van der Waals surface area contributed by atoms with Gasteiger partial charge in [0.15, 0.2) is 11.8 Å². The number of amides is 1. The van der Waals surface area contributed by atoms with Crippen LogP contribution in [0.15, 0.2) is 56.6 Å². The molecule has 1 amide bonds. The van der Waals surface area contributed by atoms with Crippen LogP contribution in [-0.2, 0) is 14.9 Å². The summed E-state index contributed by atoms with van der Waals surface area (Å²) < 4.78 is 32.3. The van der Waals surface area contributed by atoms with Crippen LogP contribution in [0.25, 0.3) is 0 Å². The number of hydrogen-bond donors (Lipinski definition) is 4. The minimum absolute atomic E-state index is 0.0385. The SMILES string of the molecule is CC1=NN(c2cc(S(=O)(=O)O)cc(C(=O)O)c2O)C(=O)C1N=Nc1ccccc1C(=O)O. The summed E-state index contributed by atoms with van der Waals surface area (Å²) in [6.07, 6.45) is 0. The summed E-state index contributed by atoms with van der Waals surface area (Å²) in [6.45, 7) is 1.37. The number of carbonyl (C=O) groups is 3. The van der Waals surface area contributed by atoms with Gasteiger partial charge in [-0.05, 0) is 31.2 Å². The molecule has 0 bridgehead atoms. The highest BCUT2D eigenvalue weighted by atomic mass is 32.2. The van der Waals surface area contributed by atoms with E-state index >= 15 is 0 Å². The van der Waals surface area contributed by atoms with E-state index in [-0.39, 0.29) is 17.0 Å². The van der Waals surface area contributed by atoms with E-state index in [4.69, 9.17) is 0 Å². The first-order valence-corrected chi connectivity index (χ1v) is 10.1. The number of carboxylic acid groups (broad SMARTS) is 2. The van der Waals surface area contributed by atoms with E-state index in [1.165, 1.54) is 31.2 Å². The van der Waals surface area contributed by atoms with Crippen LogP contribution >= 0.6 is 0 Å². The summed E-state index contributed by atoms with van der Waals surface area (Å²) in [6, 6.07) is 5.46. The second kappa shape index (κ2) is 8.16. The van der Waals surface area contributed by atoms with Gasteiger partial charge in [0.05, 0.1) is 21.9 Å². The molecule has 0 fully saturated rings. The van der Waals surface area contributed by atoms with E-state index in [0.717, 1.165) is 0 Å². The highest BCUT2D eigenvalue weighted by Crippen LogP contribution is 2.37. The van der Waals surface area contributed by atoms with Crippen molar-refractivity contribution in [3.63, 3.8) is 0 Å². The van der Waals surface area contributed by atoms with Crippen LogP contribution in [-0.4, -0.2) is 57.9 Å². The Kier molecular flexibility index (Phi) is 5.74. The van der Waals surface area contributed by atoms with E-state index in [0.29, 0.717) is 17.1 Å². The van der Waals surface area contributed by atoms with Crippen LogP contribution in [0.5, 0.6) is 5.75 Å². The number of aromatic carboxylic acids is 2. The van der Waals surface area contributed by atoms with Gasteiger partial charge in [-0.2, -0.15) is 28.8 Å². The summed E-state index contributed by atoms with van der Waals surface area (Å²) in [4.78, 5) is 34.6. The largest absolute Gasteiger partial charge is 0.505 e. The molecular formula is C18H14N4O9S. The number of rotatable bonds is 6. The van der Waals surface area contributed by atoms with Crippen LogP contribution < -0.4 is 5.01 Å². The molecule has 166 valence electrons. The first kappa shape index (κ1) is 22.5. The van der Waals surface area contributed by atoms with Crippen molar-refractivity contribution in [1.29, 1.82) is 0 Å². The molecule has 1 heterocycles. The number of carboxylic acids is 2. The van der Waals surface area contributed by atoms with Gasteiger partial charge in [0.1, 0.15) is 11.3 Å². The Morgan fingerprint density at radius 3 is 2.31 bits per heavy atom. The number of nitrogens with zero attached hydrogens (tertiary/aromatic N) is 4. The average molecular weight is 462 g/mol. The molecule has 2 aromatic rings. The minimum Gasteiger partial charge on any atom is -0.505 e. The quantitative estimate of drug-likeness (QED) is 0.364. The summed E-state index contributed by atoms with van der Waals surface area (Å²) >= 11 is 0. The molecule has 2 aromatic carbocycles. The first-order chi connectivity index (χ1) is 14.9. The Balaban J connectivity index is 2.03. The third kappa shape index (κ3) is 4.17. The number of phenols is 1. The fraction of sp³-hybridized carbons (Fsp3) is 0.111. The predicted molar refractivity (Wildman–Crippen MR) is 107 cm³/mol. The van der Waals surface area contributed by atoms with Gasteiger partial charge in [-0.3, -0.25) is 9.35 Å². The van der Waals surface area contributed by atoms with Gasteiger partial charge < -0.3 is 15.3 Å². The van der Waals surface area contributed by atoms with Crippen molar-refractivity contribution < 1.29 is 42.7 Å². The standard InChI is InChI=1S/C18H14N4O9S/c1-8-14(20-19-12-5-3-2-4-10(12)17(25)26)16(24)22(21-8)13-7-9(32(29,30)31)6-11(15(13)23)18(27)28/h2-7,14,23H,1H3,(H,25,26)(H,27,28)(H,29,30,31). The Bertz CT molecular complexity index is 1320. The van der Waals surface area contributed by atoms with E-state index in [1.54, 1.807) is 0 Å². The Morgan fingerprint density at radius 2 is 1.72 bits per heavy atom. The van der Waals surface area contributed by atoms with Gasteiger partial charge in [0.2, 0.25) is 0 Å². The van der Waals surface area contributed by atoms with Crippen LogP contribution in [0.3, 0.4) is 0 Å². The fourth-order valence-corrected chi connectivity index (χ4v) is 3.32. The zero-order valence-corrected chi connectivity index (χ0v) is 16.9. The molecule has 0 radical (unpaired) electrons. The molecule has 0 aromatic heterocycles. The molecule has 14 heteroatoms.